The van der Waals surface area contributed by atoms with Gasteiger partial charge in [-0.05, 0) is 50.6 Å². The standard InChI is InChI=1S/C20H21FN2O3S/c1-4-16(26-17-8-6-5-7-14(17)21)19(24)22-13-9-10-15-18(11-13)27-20(25)23(15)12(2)3/h5-12,16H,4H2,1-3H3,(H,22,24)/t16-/m1/s1. The highest BCUT2D eigenvalue weighted by molar-refractivity contribution is 7.16. The van der Waals surface area contributed by atoms with E-state index in [1.807, 2.05) is 19.9 Å². The minimum atomic E-state index is -0.823. The molecule has 0 fully saturated rings. The molecule has 1 atom stereocenters. The molecule has 0 saturated carbocycles. The minimum Gasteiger partial charge on any atom is -0.478 e. The zero-order chi connectivity index (χ0) is 19.6. The summed E-state index contributed by atoms with van der Waals surface area (Å²) in [6.45, 7) is 5.70. The summed E-state index contributed by atoms with van der Waals surface area (Å²) in [5.41, 5.74) is 1.41. The van der Waals surface area contributed by atoms with Gasteiger partial charge in [-0.25, -0.2) is 4.39 Å². The number of anilines is 1. The minimum absolute atomic E-state index is 0.0298. The molecule has 0 aliphatic carbocycles. The molecule has 0 spiro atoms. The molecule has 7 heteroatoms. The van der Waals surface area contributed by atoms with Crippen LogP contribution in [0.15, 0.2) is 47.3 Å². The lowest BCUT2D eigenvalue weighted by Crippen LogP contribution is -2.32. The van der Waals surface area contributed by atoms with Crippen LogP contribution in [-0.2, 0) is 4.79 Å². The van der Waals surface area contributed by atoms with Gasteiger partial charge in [0, 0.05) is 11.7 Å². The second-order valence-corrected chi connectivity index (χ2v) is 7.44. The Morgan fingerprint density at radius 2 is 2.00 bits per heavy atom. The van der Waals surface area contributed by atoms with Crippen molar-refractivity contribution < 1.29 is 13.9 Å². The van der Waals surface area contributed by atoms with Crippen molar-refractivity contribution in [2.75, 3.05) is 5.32 Å². The highest BCUT2D eigenvalue weighted by Gasteiger charge is 2.20. The van der Waals surface area contributed by atoms with Gasteiger partial charge in [-0.1, -0.05) is 30.4 Å². The van der Waals surface area contributed by atoms with Gasteiger partial charge in [0.05, 0.1) is 10.2 Å². The summed E-state index contributed by atoms with van der Waals surface area (Å²) in [6.07, 6.45) is -0.434. The topological polar surface area (TPSA) is 60.3 Å². The molecule has 3 aromatic rings. The average Bonchev–Trinajstić information content (AvgIpc) is 2.96. The largest absolute Gasteiger partial charge is 0.478 e. The van der Waals surface area contributed by atoms with E-state index in [1.54, 1.807) is 35.8 Å². The first-order chi connectivity index (χ1) is 12.9. The predicted octanol–water partition coefficient (Wildman–Crippen LogP) is 4.58. The Morgan fingerprint density at radius 1 is 1.26 bits per heavy atom. The van der Waals surface area contributed by atoms with Crippen molar-refractivity contribution in [2.45, 2.75) is 39.3 Å². The Hall–Kier alpha value is -2.67. The van der Waals surface area contributed by atoms with Gasteiger partial charge in [0.25, 0.3) is 5.91 Å². The molecule has 0 saturated heterocycles. The normalized spacial score (nSPS) is 12.3. The van der Waals surface area contributed by atoms with Gasteiger partial charge in [0.1, 0.15) is 0 Å². The number of amides is 1. The number of carbonyl (C=O) groups excluding carboxylic acids is 1. The average molecular weight is 388 g/mol. The zero-order valence-electron chi connectivity index (χ0n) is 15.4. The van der Waals surface area contributed by atoms with Gasteiger partial charge in [-0.3, -0.25) is 14.2 Å². The number of thiazole rings is 1. The number of fused-ring (bicyclic) bond motifs is 1. The Labute approximate surface area is 160 Å². The van der Waals surface area contributed by atoms with Crippen LogP contribution in [0.25, 0.3) is 10.2 Å². The fourth-order valence-electron chi connectivity index (χ4n) is 2.84. The second kappa shape index (κ2) is 7.92. The van der Waals surface area contributed by atoms with E-state index in [4.69, 9.17) is 4.74 Å². The number of halogens is 1. The van der Waals surface area contributed by atoms with E-state index in [0.717, 1.165) is 21.6 Å². The van der Waals surface area contributed by atoms with Crippen molar-refractivity contribution in [3.63, 3.8) is 0 Å². The summed E-state index contributed by atoms with van der Waals surface area (Å²) in [5.74, 6) is -0.831. The Kier molecular flexibility index (Phi) is 5.60. The van der Waals surface area contributed by atoms with E-state index in [9.17, 15) is 14.0 Å². The predicted molar refractivity (Wildman–Crippen MR) is 106 cm³/mol. The summed E-state index contributed by atoms with van der Waals surface area (Å²) in [6, 6.07) is 11.4. The van der Waals surface area contributed by atoms with Crippen LogP contribution >= 0.6 is 11.3 Å². The first-order valence-electron chi connectivity index (χ1n) is 8.77. The lowest BCUT2D eigenvalue weighted by molar-refractivity contribution is -0.122. The van der Waals surface area contributed by atoms with Crippen molar-refractivity contribution in [3.8, 4) is 5.75 Å². The van der Waals surface area contributed by atoms with Crippen LogP contribution < -0.4 is 14.9 Å². The fourth-order valence-corrected chi connectivity index (χ4v) is 3.89. The fraction of sp³-hybridized carbons (Fsp3) is 0.300. The molecule has 0 radical (unpaired) electrons. The molecule has 2 aromatic carbocycles. The van der Waals surface area contributed by atoms with Gasteiger partial charge in [0.15, 0.2) is 17.7 Å². The third-order valence-electron chi connectivity index (χ3n) is 4.17. The molecule has 0 unspecified atom stereocenters. The molecule has 1 aromatic heterocycles. The smallest absolute Gasteiger partial charge is 0.308 e. The number of aromatic nitrogens is 1. The van der Waals surface area contributed by atoms with E-state index in [0.29, 0.717) is 12.1 Å². The second-order valence-electron chi connectivity index (χ2n) is 6.45. The maximum atomic E-state index is 13.8. The molecule has 27 heavy (non-hydrogen) atoms. The number of hydrogen-bond acceptors (Lipinski definition) is 4. The van der Waals surface area contributed by atoms with E-state index >= 15 is 0 Å². The molecule has 1 amide bonds. The van der Waals surface area contributed by atoms with Crippen LogP contribution in [0.1, 0.15) is 33.2 Å². The number of para-hydroxylation sites is 1. The first-order valence-corrected chi connectivity index (χ1v) is 9.59. The molecule has 0 aliphatic heterocycles. The van der Waals surface area contributed by atoms with E-state index in [1.165, 1.54) is 12.1 Å². The van der Waals surface area contributed by atoms with Crippen LogP contribution in [0.5, 0.6) is 5.75 Å². The van der Waals surface area contributed by atoms with Crippen molar-refractivity contribution >= 4 is 33.1 Å². The number of carbonyl (C=O) groups is 1. The molecular weight excluding hydrogens is 367 g/mol. The summed E-state index contributed by atoms with van der Waals surface area (Å²) >= 11 is 1.14. The number of rotatable bonds is 6. The molecule has 1 N–H and O–H groups in total. The molecule has 5 nitrogen and oxygen atoms in total. The molecule has 142 valence electrons. The van der Waals surface area contributed by atoms with Crippen LogP contribution in [0, 0.1) is 5.82 Å². The Balaban J connectivity index is 1.80. The van der Waals surface area contributed by atoms with Crippen LogP contribution in [-0.4, -0.2) is 16.6 Å². The molecule has 0 bridgehead atoms. The lowest BCUT2D eigenvalue weighted by Gasteiger charge is -2.17. The maximum Gasteiger partial charge on any atom is 0.308 e. The monoisotopic (exact) mass is 388 g/mol. The van der Waals surface area contributed by atoms with Crippen molar-refractivity contribution in [1.82, 2.24) is 4.57 Å². The SMILES string of the molecule is CC[C@@H](Oc1ccccc1F)C(=O)Nc1ccc2c(c1)sc(=O)n2C(C)C. The molecule has 0 aliphatic rings. The van der Waals surface area contributed by atoms with Crippen molar-refractivity contribution in [2.24, 2.45) is 0 Å². The highest BCUT2D eigenvalue weighted by atomic mass is 32.1. The quantitative estimate of drug-likeness (QED) is 0.672. The highest BCUT2D eigenvalue weighted by Crippen LogP contribution is 2.25. The number of hydrogen-bond donors (Lipinski definition) is 1. The van der Waals surface area contributed by atoms with E-state index in [-0.39, 0.29) is 22.6 Å². The summed E-state index contributed by atoms with van der Waals surface area (Å²) in [7, 11) is 0. The van der Waals surface area contributed by atoms with Crippen molar-refractivity contribution in [1.29, 1.82) is 0 Å². The number of nitrogens with one attached hydrogen (secondary N) is 1. The van der Waals surface area contributed by atoms with Crippen LogP contribution in [0.4, 0.5) is 10.1 Å². The summed E-state index contributed by atoms with van der Waals surface area (Å²) < 4.78 is 21.8. The molecule has 1 heterocycles. The summed E-state index contributed by atoms with van der Waals surface area (Å²) in [4.78, 5) is 24.7. The van der Waals surface area contributed by atoms with Crippen LogP contribution in [0.2, 0.25) is 0 Å². The number of benzene rings is 2. The number of nitrogens with zero attached hydrogens (tertiary/aromatic N) is 1. The molecule has 3 rings (SSSR count). The van der Waals surface area contributed by atoms with Gasteiger partial charge in [0.2, 0.25) is 0 Å². The third kappa shape index (κ3) is 4.03. The van der Waals surface area contributed by atoms with Crippen molar-refractivity contribution in [3.05, 3.63) is 57.9 Å². The zero-order valence-corrected chi connectivity index (χ0v) is 16.2. The van der Waals surface area contributed by atoms with Gasteiger partial charge >= 0.3 is 4.87 Å². The van der Waals surface area contributed by atoms with E-state index in [2.05, 4.69) is 5.32 Å². The van der Waals surface area contributed by atoms with Gasteiger partial charge in [-0.15, -0.1) is 0 Å². The molecular formula is C20H21FN2O3S. The Morgan fingerprint density at radius 3 is 2.67 bits per heavy atom. The number of ether oxygens (including phenoxy) is 1. The Bertz CT molecular complexity index is 1030. The van der Waals surface area contributed by atoms with Gasteiger partial charge < -0.3 is 10.1 Å². The van der Waals surface area contributed by atoms with Crippen LogP contribution in [0.3, 0.4) is 0 Å². The lowest BCUT2D eigenvalue weighted by atomic mass is 10.2. The third-order valence-corrected chi connectivity index (χ3v) is 5.08. The van der Waals surface area contributed by atoms with Gasteiger partial charge in [-0.2, -0.15) is 0 Å². The summed E-state index contributed by atoms with van der Waals surface area (Å²) in [5, 5.41) is 2.79. The first kappa shape index (κ1) is 19.1. The van der Waals surface area contributed by atoms with E-state index < -0.39 is 11.9 Å². The maximum absolute atomic E-state index is 13.8.